The van der Waals surface area contributed by atoms with Gasteiger partial charge in [-0.05, 0) is 39.2 Å². The first kappa shape index (κ1) is 15.5. The molecule has 2 fully saturated rings. The van der Waals surface area contributed by atoms with Gasteiger partial charge in [0.25, 0.3) is 0 Å². The van der Waals surface area contributed by atoms with Crippen LogP contribution in [0.4, 0.5) is 0 Å². The second-order valence-corrected chi connectivity index (χ2v) is 9.80. The van der Waals surface area contributed by atoms with Gasteiger partial charge in [0.2, 0.25) is 10.0 Å². The van der Waals surface area contributed by atoms with Crippen LogP contribution in [0.5, 0.6) is 0 Å². The number of piperidine rings is 1. The highest BCUT2D eigenvalue weighted by molar-refractivity contribution is 7.89. The van der Waals surface area contributed by atoms with E-state index in [1.54, 1.807) is 10.4 Å². The second kappa shape index (κ2) is 5.33. The Balaban J connectivity index is 1.86. The van der Waals surface area contributed by atoms with Crippen LogP contribution in [0, 0.1) is 19.8 Å². The average Bonchev–Trinajstić information content (AvgIpc) is 2.77. The van der Waals surface area contributed by atoms with Gasteiger partial charge in [0, 0.05) is 28.8 Å². The standard InChI is InChI=1S/C15H23NO3S2/c1-11-9-14(12(2)20-11)21(18,19)16-8-7-15(17)6-4-3-5-13(15)10-16/h9,13,17H,3-8,10H2,1-2H3. The minimum Gasteiger partial charge on any atom is -0.390 e. The van der Waals surface area contributed by atoms with Gasteiger partial charge in [-0.15, -0.1) is 11.3 Å². The first-order chi connectivity index (χ1) is 9.83. The number of rotatable bonds is 2. The molecule has 0 radical (unpaired) electrons. The van der Waals surface area contributed by atoms with Crippen LogP contribution >= 0.6 is 11.3 Å². The molecule has 1 aliphatic heterocycles. The maximum absolute atomic E-state index is 12.9. The number of fused-ring (bicyclic) bond motifs is 1. The fourth-order valence-corrected chi connectivity index (χ4v) is 6.77. The summed E-state index contributed by atoms with van der Waals surface area (Å²) in [7, 11) is -3.42. The van der Waals surface area contributed by atoms with Crippen molar-refractivity contribution in [3.63, 3.8) is 0 Å². The predicted octanol–water partition coefficient (Wildman–Crippen LogP) is 2.68. The van der Waals surface area contributed by atoms with Crippen molar-refractivity contribution >= 4 is 21.4 Å². The fourth-order valence-electron chi connectivity index (χ4n) is 3.76. The quantitative estimate of drug-likeness (QED) is 0.907. The van der Waals surface area contributed by atoms with Crippen molar-refractivity contribution in [3.05, 3.63) is 15.8 Å². The smallest absolute Gasteiger partial charge is 0.244 e. The number of aliphatic hydroxyl groups is 1. The predicted molar refractivity (Wildman–Crippen MR) is 84.1 cm³/mol. The Bertz CT molecular complexity index is 637. The van der Waals surface area contributed by atoms with E-state index in [1.165, 1.54) is 11.3 Å². The summed E-state index contributed by atoms with van der Waals surface area (Å²) in [6.45, 7) is 4.70. The molecule has 2 heterocycles. The summed E-state index contributed by atoms with van der Waals surface area (Å²) in [5.41, 5.74) is -0.635. The van der Waals surface area contributed by atoms with E-state index in [1.807, 2.05) is 13.8 Å². The van der Waals surface area contributed by atoms with Crippen LogP contribution in [0.25, 0.3) is 0 Å². The van der Waals surface area contributed by atoms with Crippen molar-refractivity contribution in [2.24, 2.45) is 5.92 Å². The second-order valence-electron chi connectivity index (χ2n) is 6.44. The van der Waals surface area contributed by atoms with Gasteiger partial charge in [-0.1, -0.05) is 12.8 Å². The van der Waals surface area contributed by atoms with Gasteiger partial charge in [0.1, 0.15) is 0 Å². The zero-order valence-corrected chi connectivity index (χ0v) is 14.3. The van der Waals surface area contributed by atoms with Gasteiger partial charge >= 0.3 is 0 Å². The third-order valence-electron chi connectivity index (χ3n) is 5.00. The molecule has 21 heavy (non-hydrogen) atoms. The average molecular weight is 329 g/mol. The largest absolute Gasteiger partial charge is 0.390 e. The molecule has 0 spiro atoms. The van der Waals surface area contributed by atoms with Crippen molar-refractivity contribution in [1.82, 2.24) is 4.31 Å². The lowest BCUT2D eigenvalue weighted by atomic mass is 9.72. The van der Waals surface area contributed by atoms with Crippen LogP contribution in [0.1, 0.15) is 41.9 Å². The summed E-state index contributed by atoms with van der Waals surface area (Å²) >= 11 is 1.53. The number of nitrogens with zero attached hydrogens (tertiary/aromatic N) is 1. The summed E-state index contributed by atoms with van der Waals surface area (Å²) in [4.78, 5) is 2.33. The van der Waals surface area contributed by atoms with E-state index in [2.05, 4.69) is 0 Å². The van der Waals surface area contributed by atoms with Crippen molar-refractivity contribution in [2.75, 3.05) is 13.1 Å². The molecule has 6 heteroatoms. The minimum absolute atomic E-state index is 0.0924. The van der Waals surface area contributed by atoms with E-state index in [4.69, 9.17) is 0 Å². The van der Waals surface area contributed by atoms with E-state index in [9.17, 15) is 13.5 Å². The van der Waals surface area contributed by atoms with Crippen LogP contribution in [0.2, 0.25) is 0 Å². The first-order valence-electron chi connectivity index (χ1n) is 7.62. The van der Waals surface area contributed by atoms with Crippen molar-refractivity contribution < 1.29 is 13.5 Å². The summed E-state index contributed by atoms with van der Waals surface area (Å²) in [5.74, 6) is 0.0924. The molecule has 1 aromatic rings. The molecule has 0 aromatic carbocycles. The Hall–Kier alpha value is -0.430. The lowest BCUT2D eigenvalue weighted by Gasteiger charge is -2.46. The maximum atomic E-state index is 12.9. The highest BCUT2D eigenvalue weighted by Crippen LogP contribution is 2.41. The molecule has 3 rings (SSSR count). The Kier molecular flexibility index (Phi) is 3.93. The molecule has 1 saturated heterocycles. The number of sulfonamides is 1. The van der Waals surface area contributed by atoms with E-state index >= 15 is 0 Å². The third-order valence-corrected chi connectivity index (χ3v) is 8.09. The Morgan fingerprint density at radius 3 is 2.76 bits per heavy atom. The van der Waals surface area contributed by atoms with Crippen molar-refractivity contribution in [1.29, 1.82) is 0 Å². The molecule has 2 atom stereocenters. The zero-order valence-electron chi connectivity index (χ0n) is 12.6. The molecular weight excluding hydrogens is 306 g/mol. The number of hydrogen-bond acceptors (Lipinski definition) is 4. The van der Waals surface area contributed by atoms with Crippen LogP contribution in [0.15, 0.2) is 11.0 Å². The van der Waals surface area contributed by atoms with Gasteiger partial charge in [0.15, 0.2) is 0 Å². The molecule has 1 aliphatic carbocycles. The summed E-state index contributed by atoms with van der Waals surface area (Å²) in [6, 6.07) is 1.77. The van der Waals surface area contributed by atoms with Crippen LogP contribution in [-0.4, -0.2) is 36.5 Å². The molecule has 1 aromatic heterocycles. The molecule has 0 bridgehead atoms. The highest BCUT2D eigenvalue weighted by Gasteiger charge is 2.45. The van der Waals surface area contributed by atoms with Crippen molar-refractivity contribution in [2.45, 2.75) is 56.4 Å². The van der Waals surface area contributed by atoms with Gasteiger partial charge in [-0.25, -0.2) is 8.42 Å². The zero-order chi connectivity index (χ0) is 15.3. The van der Waals surface area contributed by atoms with E-state index in [-0.39, 0.29) is 5.92 Å². The molecule has 2 unspecified atom stereocenters. The van der Waals surface area contributed by atoms with E-state index in [0.29, 0.717) is 24.4 Å². The molecular formula is C15H23NO3S2. The van der Waals surface area contributed by atoms with Gasteiger partial charge in [-0.3, -0.25) is 0 Å². The maximum Gasteiger partial charge on any atom is 0.244 e. The number of aryl methyl sites for hydroxylation is 2. The van der Waals surface area contributed by atoms with Crippen molar-refractivity contribution in [3.8, 4) is 0 Å². The van der Waals surface area contributed by atoms with Gasteiger partial charge in [-0.2, -0.15) is 4.31 Å². The van der Waals surface area contributed by atoms with Gasteiger partial charge < -0.3 is 5.11 Å². The lowest BCUT2D eigenvalue weighted by molar-refractivity contribution is -0.0816. The Labute approximate surface area is 130 Å². The normalized spacial score (nSPS) is 31.1. The monoisotopic (exact) mass is 329 g/mol. The third kappa shape index (κ3) is 2.67. The summed E-state index contributed by atoms with van der Waals surface area (Å²) in [5, 5.41) is 10.7. The summed E-state index contributed by atoms with van der Waals surface area (Å²) in [6.07, 6.45) is 4.48. The van der Waals surface area contributed by atoms with Gasteiger partial charge in [0.05, 0.1) is 10.5 Å². The molecule has 118 valence electrons. The van der Waals surface area contributed by atoms with E-state index < -0.39 is 15.6 Å². The Morgan fingerprint density at radius 1 is 1.33 bits per heavy atom. The minimum atomic E-state index is -3.42. The Morgan fingerprint density at radius 2 is 2.10 bits per heavy atom. The fraction of sp³-hybridized carbons (Fsp3) is 0.733. The lowest BCUT2D eigenvalue weighted by Crippen LogP contribution is -2.54. The molecule has 1 saturated carbocycles. The topological polar surface area (TPSA) is 57.6 Å². The van der Waals surface area contributed by atoms with Crippen LogP contribution in [0.3, 0.4) is 0 Å². The molecule has 2 aliphatic rings. The summed E-state index contributed by atoms with van der Waals surface area (Å²) < 4.78 is 27.3. The first-order valence-corrected chi connectivity index (χ1v) is 9.88. The van der Waals surface area contributed by atoms with Crippen LogP contribution in [-0.2, 0) is 10.0 Å². The highest BCUT2D eigenvalue weighted by atomic mass is 32.2. The number of thiophene rings is 1. The van der Waals surface area contributed by atoms with E-state index in [0.717, 1.165) is 35.4 Å². The molecule has 1 N–H and O–H groups in total. The molecule has 0 amide bonds. The van der Waals surface area contributed by atoms with Crippen LogP contribution < -0.4 is 0 Å². The SMILES string of the molecule is Cc1cc(S(=O)(=O)N2CCC3(O)CCCCC3C2)c(C)s1. The number of hydrogen-bond donors (Lipinski definition) is 1. The molecule has 4 nitrogen and oxygen atoms in total.